The highest BCUT2D eigenvalue weighted by Gasteiger charge is 2.32. The second-order valence-corrected chi connectivity index (χ2v) is 5.95. The van der Waals surface area contributed by atoms with E-state index in [1.807, 2.05) is 19.3 Å². The highest BCUT2D eigenvalue weighted by molar-refractivity contribution is 5.03. The van der Waals surface area contributed by atoms with Crippen LogP contribution in [0.2, 0.25) is 0 Å². The van der Waals surface area contributed by atoms with Crippen LogP contribution in [0, 0.1) is 5.41 Å². The maximum Gasteiger partial charge on any atom is 0.0472 e. The Bertz CT molecular complexity index is 371. The summed E-state index contributed by atoms with van der Waals surface area (Å²) in [6.07, 6.45) is 5.20. The summed E-state index contributed by atoms with van der Waals surface area (Å²) in [4.78, 5) is 6.83. The smallest absolute Gasteiger partial charge is 0.0472 e. The van der Waals surface area contributed by atoms with E-state index in [1.54, 1.807) is 0 Å². The minimum atomic E-state index is 0.367. The molecule has 4 nitrogen and oxygen atoms in total. The summed E-state index contributed by atoms with van der Waals surface area (Å²) in [5, 5.41) is 3.36. The number of rotatable bonds is 7. The van der Waals surface area contributed by atoms with Crippen molar-refractivity contribution in [1.82, 2.24) is 15.2 Å². The number of aromatic nitrogens is 1. The third-order valence-corrected chi connectivity index (χ3v) is 4.19. The highest BCUT2D eigenvalue weighted by atomic mass is 16.5. The zero-order valence-corrected chi connectivity index (χ0v) is 12.8. The van der Waals surface area contributed by atoms with E-state index in [-0.39, 0.29) is 0 Å². The maximum absolute atomic E-state index is 5.53. The van der Waals surface area contributed by atoms with Gasteiger partial charge < -0.3 is 15.0 Å². The van der Waals surface area contributed by atoms with Gasteiger partial charge in [0.2, 0.25) is 0 Å². The third-order valence-electron chi connectivity index (χ3n) is 4.19. The van der Waals surface area contributed by atoms with Gasteiger partial charge in [-0.3, -0.25) is 4.98 Å². The Balaban J connectivity index is 1.83. The highest BCUT2D eigenvalue weighted by Crippen LogP contribution is 2.30. The molecule has 1 aromatic rings. The van der Waals surface area contributed by atoms with E-state index < -0.39 is 0 Å². The van der Waals surface area contributed by atoms with Crippen LogP contribution in [-0.4, -0.2) is 56.8 Å². The number of hydrogen-bond acceptors (Lipinski definition) is 4. The van der Waals surface area contributed by atoms with Crippen LogP contribution >= 0.6 is 0 Å². The number of nitrogens with zero attached hydrogens (tertiary/aromatic N) is 2. The molecule has 0 aromatic carbocycles. The van der Waals surface area contributed by atoms with Gasteiger partial charge in [-0.15, -0.1) is 0 Å². The minimum Gasteiger partial charge on any atom is -0.381 e. The van der Waals surface area contributed by atoms with Crippen LogP contribution in [0.5, 0.6) is 0 Å². The van der Waals surface area contributed by atoms with Gasteiger partial charge >= 0.3 is 0 Å². The Morgan fingerprint density at radius 2 is 2.15 bits per heavy atom. The Labute approximate surface area is 122 Å². The molecule has 0 spiro atoms. The first-order valence-corrected chi connectivity index (χ1v) is 7.55. The fourth-order valence-electron chi connectivity index (χ4n) is 3.07. The predicted octanol–water partition coefficient (Wildman–Crippen LogP) is 1.57. The molecule has 2 heterocycles. The Morgan fingerprint density at radius 1 is 1.35 bits per heavy atom. The molecule has 20 heavy (non-hydrogen) atoms. The number of pyridine rings is 1. The summed E-state index contributed by atoms with van der Waals surface area (Å²) in [6, 6.07) is 6.13. The summed E-state index contributed by atoms with van der Waals surface area (Å²) >= 11 is 0. The van der Waals surface area contributed by atoms with Gasteiger partial charge in [0.15, 0.2) is 0 Å². The minimum absolute atomic E-state index is 0.367. The second-order valence-electron chi connectivity index (χ2n) is 5.95. The molecule has 4 heteroatoms. The fourth-order valence-corrected chi connectivity index (χ4v) is 3.07. The average molecular weight is 277 g/mol. The van der Waals surface area contributed by atoms with E-state index in [0.717, 1.165) is 52.1 Å². The summed E-state index contributed by atoms with van der Waals surface area (Å²) < 4.78 is 5.53. The van der Waals surface area contributed by atoms with Crippen LogP contribution in [0.3, 0.4) is 0 Å². The van der Waals surface area contributed by atoms with Crippen molar-refractivity contribution < 1.29 is 4.74 Å². The largest absolute Gasteiger partial charge is 0.381 e. The summed E-state index contributed by atoms with van der Waals surface area (Å²) in [5.74, 6) is 0. The monoisotopic (exact) mass is 277 g/mol. The molecular formula is C16H27N3O. The zero-order chi connectivity index (χ0) is 14.3. The van der Waals surface area contributed by atoms with E-state index in [4.69, 9.17) is 4.74 Å². The molecule has 0 aliphatic carbocycles. The van der Waals surface area contributed by atoms with Gasteiger partial charge in [-0.1, -0.05) is 6.07 Å². The molecule has 0 unspecified atom stereocenters. The molecule has 1 fully saturated rings. The number of nitrogens with one attached hydrogen (secondary N) is 1. The molecule has 0 amide bonds. The lowest BCUT2D eigenvalue weighted by Gasteiger charge is -2.40. The molecule has 1 saturated heterocycles. The van der Waals surface area contributed by atoms with Crippen molar-refractivity contribution in [2.75, 3.05) is 46.9 Å². The summed E-state index contributed by atoms with van der Waals surface area (Å²) in [6.45, 7) is 5.06. The molecule has 1 aliphatic heterocycles. The van der Waals surface area contributed by atoms with E-state index in [2.05, 4.69) is 34.4 Å². The SMILES string of the molecule is CNCC1(CN(C)CCc2ccccn2)CCOCC1. The van der Waals surface area contributed by atoms with Crippen LogP contribution in [0.25, 0.3) is 0 Å². The zero-order valence-electron chi connectivity index (χ0n) is 12.8. The van der Waals surface area contributed by atoms with Crippen molar-refractivity contribution in [3.63, 3.8) is 0 Å². The molecule has 0 saturated carbocycles. The van der Waals surface area contributed by atoms with E-state index in [1.165, 1.54) is 5.69 Å². The van der Waals surface area contributed by atoms with Crippen LogP contribution in [-0.2, 0) is 11.2 Å². The molecular weight excluding hydrogens is 250 g/mol. The predicted molar refractivity (Wildman–Crippen MR) is 81.9 cm³/mol. The number of likely N-dealkylation sites (N-methyl/N-ethyl adjacent to an activating group) is 1. The Kier molecular flexibility index (Phi) is 5.95. The molecule has 112 valence electrons. The Hall–Kier alpha value is -0.970. The van der Waals surface area contributed by atoms with Gasteiger partial charge in [-0.05, 0) is 44.5 Å². The van der Waals surface area contributed by atoms with Crippen LogP contribution < -0.4 is 5.32 Å². The van der Waals surface area contributed by atoms with Crippen LogP contribution in [0.1, 0.15) is 18.5 Å². The van der Waals surface area contributed by atoms with Crippen LogP contribution in [0.4, 0.5) is 0 Å². The lowest BCUT2D eigenvalue weighted by molar-refractivity contribution is 0.000441. The van der Waals surface area contributed by atoms with Crippen LogP contribution in [0.15, 0.2) is 24.4 Å². The lowest BCUT2D eigenvalue weighted by atomic mass is 9.79. The Morgan fingerprint density at radius 3 is 2.80 bits per heavy atom. The third kappa shape index (κ3) is 4.54. The first-order chi connectivity index (χ1) is 9.74. The van der Waals surface area contributed by atoms with Crippen molar-refractivity contribution in [2.24, 2.45) is 5.41 Å². The fraction of sp³-hybridized carbons (Fsp3) is 0.688. The van der Waals surface area contributed by atoms with Crippen molar-refractivity contribution in [2.45, 2.75) is 19.3 Å². The van der Waals surface area contributed by atoms with Crippen molar-refractivity contribution in [3.05, 3.63) is 30.1 Å². The van der Waals surface area contributed by atoms with Crippen molar-refractivity contribution in [3.8, 4) is 0 Å². The molecule has 0 bridgehead atoms. The molecule has 0 radical (unpaired) electrons. The number of ether oxygens (including phenoxy) is 1. The van der Waals surface area contributed by atoms with Gasteiger partial charge in [0.1, 0.15) is 0 Å². The van der Waals surface area contributed by atoms with E-state index in [0.29, 0.717) is 5.41 Å². The molecule has 1 aliphatic rings. The van der Waals surface area contributed by atoms with E-state index in [9.17, 15) is 0 Å². The van der Waals surface area contributed by atoms with Gasteiger partial charge in [-0.25, -0.2) is 0 Å². The standard InChI is InChI=1S/C16H27N3O/c1-17-13-16(7-11-20-12-8-16)14-19(2)10-6-15-5-3-4-9-18-15/h3-5,9,17H,6-8,10-14H2,1-2H3. The number of hydrogen-bond donors (Lipinski definition) is 1. The molecule has 2 rings (SSSR count). The molecule has 0 atom stereocenters. The molecule has 1 N–H and O–H groups in total. The summed E-state index contributed by atoms with van der Waals surface area (Å²) in [5.41, 5.74) is 1.54. The van der Waals surface area contributed by atoms with Gasteiger partial charge in [-0.2, -0.15) is 0 Å². The van der Waals surface area contributed by atoms with Gasteiger partial charge in [0.25, 0.3) is 0 Å². The van der Waals surface area contributed by atoms with Crippen molar-refractivity contribution in [1.29, 1.82) is 0 Å². The van der Waals surface area contributed by atoms with Gasteiger partial charge in [0.05, 0.1) is 0 Å². The van der Waals surface area contributed by atoms with Crippen molar-refractivity contribution >= 4 is 0 Å². The lowest BCUT2D eigenvalue weighted by Crippen LogP contribution is -2.46. The van der Waals surface area contributed by atoms with E-state index >= 15 is 0 Å². The quantitative estimate of drug-likeness (QED) is 0.821. The topological polar surface area (TPSA) is 37.4 Å². The normalized spacial score (nSPS) is 18.4. The first-order valence-electron chi connectivity index (χ1n) is 7.55. The van der Waals surface area contributed by atoms with Gasteiger partial charge in [0, 0.05) is 51.2 Å². The first kappa shape index (κ1) is 15.4. The summed E-state index contributed by atoms with van der Waals surface area (Å²) in [7, 11) is 4.26. The maximum atomic E-state index is 5.53. The second kappa shape index (κ2) is 7.72. The average Bonchev–Trinajstić information content (AvgIpc) is 2.47. The molecule has 1 aromatic heterocycles.